The predicted molar refractivity (Wildman–Crippen MR) is 203 cm³/mol. The van der Waals surface area contributed by atoms with Crippen LogP contribution in [0.4, 0.5) is 0 Å². The zero-order valence-electron chi connectivity index (χ0n) is 29.8. The van der Waals surface area contributed by atoms with Crippen LogP contribution in [0.2, 0.25) is 0 Å². The number of thiophene rings is 1. The summed E-state index contributed by atoms with van der Waals surface area (Å²) in [4.78, 5) is 9.29. The molecular weight excluding hydrogens is 797 g/mol. The number of hydrogen-bond donors (Lipinski definition) is 0. The van der Waals surface area contributed by atoms with Crippen molar-refractivity contribution in [3.05, 3.63) is 142 Å². The van der Waals surface area contributed by atoms with Crippen LogP contribution in [0.1, 0.15) is 54.5 Å². The molecule has 0 fully saturated rings. The van der Waals surface area contributed by atoms with Gasteiger partial charge in [0.2, 0.25) is 0 Å². The quantitative estimate of drug-likeness (QED) is 0.166. The second-order valence-corrected chi connectivity index (χ2v) is 13.7. The van der Waals surface area contributed by atoms with Crippen molar-refractivity contribution in [2.45, 2.75) is 54.4 Å². The van der Waals surface area contributed by atoms with Crippen LogP contribution >= 0.6 is 11.3 Å². The fourth-order valence-electron chi connectivity index (χ4n) is 6.31. The Morgan fingerprint density at radius 1 is 0.735 bits per heavy atom. The number of furan rings is 1. The molecule has 8 aromatic rings. The molecule has 0 aliphatic carbocycles. The van der Waals surface area contributed by atoms with Crippen molar-refractivity contribution >= 4 is 43.4 Å². The number of hydrogen-bond acceptors (Lipinski definition) is 4. The van der Waals surface area contributed by atoms with E-state index in [4.69, 9.17) is 10.8 Å². The Morgan fingerprint density at radius 2 is 1.49 bits per heavy atom. The molecule has 0 spiro atoms. The maximum Gasteiger partial charge on any atom is 0.129 e. The number of pyridine rings is 2. The minimum absolute atomic E-state index is 0. The van der Waals surface area contributed by atoms with Crippen LogP contribution in [-0.2, 0) is 20.1 Å². The SMILES string of the molecule is Cc1c[c-]c(-c2cc(C)c(C)cn2)cc1.[2H]C(C)(C)c1cc(-c2[c-]ccc3c2oc2c4ccsc4ccc32)ncc1-c1c(C)cccc1C.[Ir]. The van der Waals surface area contributed by atoms with E-state index in [1.54, 1.807) is 11.3 Å². The number of aromatic nitrogens is 2. The van der Waals surface area contributed by atoms with Gasteiger partial charge in [0.1, 0.15) is 5.58 Å². The van der Waals surface area contributed by atoms with Gasteiger partial charge in [0, 0.05) is 54.9 Å². The Labute approximate surface area is 307 Å². The average Bonchev–Trinajstić information content (AvgIpc) is 3.71. The molecule has 0 aliphatic rings. The normalized spacial score (nSPS) is 11.7. The molecule has 4 heterocycles. The van der Waals surface area contributed by atoms with Crippen molar-refractivity contribution in [2.75, 3.05) is 0 Å². The van der Waals surface area contributed by atoms with E-state index in [1.165, 1.54) is 32.5 Å². The van der Waals surface area contributed by atoms with E-state index in [2.05, 4.69) is 118 Å². The summed E-state index contributed by atoms with van der Waals surface area (Å²) in [5.74, 6) is -0.799. The number of rotatable bonds is 4. The zero-order valence-corrected chi connectivity index (χ0v) is 32.0. The molecule has 0 N–H and O–H groups in total. The number of fused-ring (bicyclic) bond motifs is 5. The molecule has 0 saturated heterocycles. The van der Waals surface area contributed by atoms with Crippen LogP contribution in [0, 0.1) is 46.8 Å². The van der Waals surface area contributed by atoms with E-state index in [0.29, 0.717) is 0 Å². The molecule has 0 atom stereocenters. The number of nitrogens with zero attached hydrogens (tertiary/aromatic N) is 2. The summed E-state index contributed by atoms with van der Waals surface area (Å²) in [6.45, 7) is 14.3. The Kier molecular flexibility index (Phi) is 9.60. The molecule has 4 aromatic heterocycles. The minimum Gasteiger partial charge on any atom is -0.500 e. The van der Waals surface area contributed by atoms with E-state index in [-0.39, 0.29) is 20.1 Å². The van der Waals surface area contributed by atoms with Crippen LogP contribution in [0.3, 0.4) is 0 Å². The standard InChI is InChI=1S/C30H24NOS.C14H14N.Ir/c1-17(2)24-15-26(31-16-25(24)28-18(3)7-5-8-19(28)4)22-10-6-9-20-21-11-12-27-23(13-14-33-27)30(21)32-29(20)22;1-10-4-6-13(7-5-10)14-8-11(2)12(3)9-15-14;/h5-9,11-17H,1-4H3;4-6,8-9H,1-3H3;/q2*-1;/i17D;;. The van der Waals surface area contributed by atoms with Crippen molar-refractivity contribution in [1.29, 1.82) is 0 Å². The van der Waals surface area contributed by atoms with E-state index in [9.17, 15) is 0 Å². The topological polar surface area (TPSA) is 38.9 Å². The van der Waals surface area contributed by atoms with Gasteiger partial charge in [0.25, 0.3) is 0 Å². The van der Waals surface area contributed by atoms with Crippen LogP contribution in [0.5, 0.6) is 0 Å². The van der Waals surface area contributed by atoms with Crippen LogP contribution in [0.15, 0.2) is 101 Å². The van der Waals surface area contributed by atoms with Gasteiger partial charge < -0.3 is 14.4 Å². The fourth-order valence-corrected chi connectivity index (χ4v) is 7.10. The molecule has 0 unspecified atom stereocenters. The molecule has 8 rings (SSSR count). The summed E-state index contributed by atoms with van der Waals surface area (Å²) in [5.41, 5.74) is 14.6. The predicted octanol–water partition coefficient (Wildman–Crippen LogP) is 12.5. The minimum atomic E-state index is -0.799. The first kappa shape index (κ1) is 33.1. The molecule has 0 aliphatic heterocycles. The van der Waals surface area contributed by atoms with Gasteiger partial charge in [0.05, 0.1) is 5.58 Å². The molecule has 247 valence electrons. The fraction of sp³-hybridized carbons (Fsp3) is 0.182. The van der Waals surface area contributed by atoms with E-state index >= 15 is 0 Å². The molecule has 49 heavy (non-hydrogen) atoms. The molecule has 0 saturated carbocycles. The number of benzene rings is 4. The van der Waals surface area contributed by atoms with Gasteiger partial charge in [-0.1, -0.05) is 73.7 Å². The van der Waals surface area contributed by atoms with Gasteiger partial charge in [-0.25, -0.2) is 0 Å². The van der Waals surface area contributed by atoms with Crippen LogP contribution in [-0.4, -0.2) is 9.97 Å². The molecule has 1 radical (unpaired) electrons. The first-order valence-electron chi connectivity index (χ1n) is 16.7. The monoisotopic (exact) mass is 836 g/mol. The van der Waals surface area contributed by atoms with E-state index in [0.717, 1.165) is 66.5 Å². The van der Waals surface area contributed by atoms with Gasteiger partial charge in [-0.3, -0.25) is 0 Å². The summed E-state index contributed by atoms with van der Waals surface area (Å²) in [7, 11) is 0. The van der Waals surface area contributed by atoms with Gasteiger partial charge in [-0.05, 0) is 90.3 Å². The summed E-state index contributed by atoms with van der Waals surface area (Å²) in [6, 6.07) is 33.6. The summed E-state index contributed by atoms with van der Waals surface area (Å²) in [5, 5.41) is 5.39. The molecule has 4 aromatic carbocycles. The molecule has 0 amide bonds. The molecule has 0 bridgehead atoms. The molecule has 3 nitrogen and oxygen atoms in total. The van der Waals surface area contributed by atoms with Crippen molar-refractivity contribution in [1.82, 2.24) is 9.97 Å². The van der Waals surface area contributed by atoms with Crippen LogP contribution < -0.4 is 0 Å². The zero-order chi connectivity index (χ0) is 34.4. The maximum absolute atomic E-state index is 8.93. The number of aryl methyl sites for hydroxylation is 5. The molecule has 5 heteroatoms. The summed E-state index contributed by atoms with van der Waals surface area (Å²) < 4.78 is 16.6. The van der Waals surface area contributed by atoms with Crippen molar-refractivity contribution in [2.24, 2.45) is 0 Å². The van der Waals surface area contributed by atoms with E-state index < -0.39 is 5.89 Å². The Bertz CT molecular complexity index is 2470. The van der Waals surface area contributed by atoms with E-state index in [1.807, 2.05) is 44.4 Å². The van der Waals surface area contributed by atoms with Gasteiger partial charge >= 0.3 is 0 Å². The third kappa shape index (κ3) is 6.64. The van der Waals surface area contributed by atoms with Crippen molar-refractivity contribution in [3.8, 4) is 33.6 Å². The van der Waals surface area contributed by atoms with Gasteiger partial charge in [-0.2, -0.15) is 0 Å². The summed E-state index contributed by atoms with van der Waals surface area (Å²) in [6.07, 6.45) is 3.83. The second-order valence-electron chi connectivity index (χ2n) is 12.8. The summed E-state index contributed by atoms with van der Waals surface area (Å²) >= 11 is 1.72. The van der Waals surface area contributed by atoms with Crippen molar-refractivity contribution < 1.29 is 25.9 Å². The first-order chi connectivity index (χ1) is 23.5. The van der Waals surface area contributed by atoms with Crippen LogP contribution in [0.25, 0.3) is 65.7 Å². The molecular formula is C44H38IrN2OS-2. The van der Waals surface area contributed by atoms with Crippen molar-refractivity contribution in [3.63, 3.8) is 0 Å². The first-order valence-corrected chi connectivity index (χ1v) is 17.1. The second kappa shape index (κ2) is 14.2. The maximum atomic E-state index is 8.93. The Morgan fingerprint density at radius 3 is 2.20 bits per heavy atom. The third-order valence-electron chi connectivity index (χ3n) is 9.10. The third-order valence-corrected chi connectivity index (χ3v) is 9.98. The Hall–Kier alpha value is -4.41. The Balaban J connectivity index is 0.000000227. The average molecular weight is 836 g/mol. The smallest absolute Gasteiger partial charge is 0.129 e. The van der Waals surface area contributed by atoms with Gasteiger partial charge in [-0.15, -0.1) is 64.9 Å². The largest absolute Gasteiger partial charge is 0.500 e. The van der Waals surface area contributed by atoms with Gasteiger partial charge in [0.15, 0.2) is 0 Å².